The minimum atomic E-state index is 0.0323. The highest BCUT2D eigenvalue weighted by atomic mass is 16.3. The smallest absolute Gasteiger partial charge is 0.125 e. The Morgan fingerprint density at radius 2 is 2.24 bits per heavy atom. The summed E-state index contributed by atoms with van der Waals surface area (Å²) in [4.78, 5) is 0. The molecule has 3 aromatic rings. The van der Waals surface area contributed by atoms with Crippen LogP contribution in [0.1, 0.15) is 17.4 Å². The van der Waals surface area contributed by atoms with Crippen LogP contribution < -0.4 is 5.32 Å². The summed E-state index contributed by atoms with van der Waals surface area (Å²) in [5.74, 6) is 0.895. The van der Waals surface area contributed by atoms with Gasteiger partial charge in [-0.15, -0.1) is 0 Å². The number of rotatable bonds is 3. The first-order valence-electron chi connectivity index (χ1n) is 5.53. The van der Waals surface area contributed by atoms with Gasteiger partial charge in [0.15, 0.2) is 0 Å². The first-order valence-corrected chi connectivity index (χ1v) is 5.53. The highest BCUT2D eigenvalue weighted by Gasteiger charge is 2.18. The van der Waals surface area contributed by atoms with Crippen LogP contribution in [0.4, 0.5) is 0 Å². The van der Waals surface area contributed by atoms with Gasteiger partial charge in [0.25, 0.3) is 0 Å². The quantitative estimate of drug-likeness (QED) is 0.746. The topological polar surface area (TPSA) is 42.5 Å². The Labute approximate surface area is 98.9 Å². The summed E-state index contributed by atoms with van der Waals surface area (Å²) < 4.78 is 7.32. The van der Waals surface area contributed by atoms with E-state index in [2.05, 4.69) is 16.5 Å². The summed E-state index contributed by atoms with van der Waals surface area (Å²) in [7, 11) is 1.92. The van der Waals surface area contributed by atoms with E-state index in [4.69, 9.17) is 4.42 Å². The van der Waals surface area contributed by atoms with Crippen molar-refractivity contribution in [2.24, 2.45) is 0 Å². The predicted octanol–water partition coefficient (Wildman–Crippen LogP) is 2.24. The third-order valence-electron chi connectivity index (χ3n) is 2.88. The van der Waals surface area contributed by atoms with Gasteiger partial charge in [-0.25, -0.2) is 4.52 Å². The van der Waals surface area contributed by atoms with Crippen molar-refractivity contribution in [3.63, 3.8) is 0 Å². The van der Waals surface area contributed by atoms with Gasteiger partial charge in [0.05, 0.1) is 24.0 Å². The molecule has 17 heavy (non-hydrogen) atoms. The molecule has 0 aromatic carbocycles. The number of nitrogens with one attached hydrogen (secondary N) is 1. The summed E-state index contributed by atoms with van der Waals surface area (Å²) in [6.45, 7) is 0. The minimum Gasteiger partial charge on any atom is -0.467 e. The molecule has 0 bridgehead atoms. The maximum absolute atomic E-state index is 5.46. The van der Waals surface area contributed by atoms with E-state index < -0.39 is 0 Å². The summed E-state index contributed by atoms with van der Waals surface area (Å²) >= 11 is 0. The van der Waals surface area contributed by atoms with Crippen molar-refractivity contribution in [1.82, 2.24) is 14.9 Å². The summed E-state index contributed by atoms with van der Waals surface area (Å²) in [6.07, 6.45) is 5.50. The van der Waals surface area contributed by atoms with Crippen LogP contribution in [-0.4, -0.2) is 16.7 Å². The number of pyridine rings is 1. The zero-order valence-electron chi connectivity index (χ0n) is 9.50. The van der Waals surface area contributed by atoms with Crippen molar-refractivity contribution in [3.05, 3.63) is 60.3 Å². The van der Waals surface area contributed by atoms with Crippen LogP contribution in [0.5, 0.6) is 0 Å². The van der Waals surface area contributed by atoms with E-state index in [9.17, 15) is 0 Å². The first kappa shape index (κ1) is 10.1. The molecule has 0 fully saturated rings. The van der Waals surface area contributed by atoms with E-state index in [0.29, 0.717) is 0 Å². The average molecular weight is 227 g/mol. The second-order valence-electron chi connectivity index (χ2n) is 3.87. The molecule has 3 heterocycles. The van der Waals surface area contributed by atoms with Crippen molar-refractivity contribution >= 4 is 5.52 Å². The Hall–Kier alpha value is -2.07. The van der Waals surface area contributed by atoms with E-state index >= 15 is 0 Å². The lowest BCUT2D eigenvalue weighted by molar-refractivity contribution is 0.464. The van der Waals surface area contributed by atoms with Gasteiger partial charge in [0.1, 0.15) is 5.76 Å². The summed E-state index contributed by atoms with van der Waals surface area (Å²) in [5.41, 5.74) is 2.20. The first-order chi connectivity index (χ1) is 8.40. The van der Waals surface area contributed by atoms with Crippen molar-refractivity contribution in [3.8, 4) is 0 Å². The largest absolute Gasteiger partial charge is 0.467 e. The molecular formula is C13H13N3O. The number of hydrogen-bond donors (Lipinski definition) is 1. The molecule has 0 aliphatic carbocycles. The molecular weight excluding hydrogens is 214 g/mol. The second-order valence-corrected chi connectivity index (χ2v) is 3.87. The molecule has 0 amide bonds. The zero-order chi connectivity index (χ0) is 11.7. The molecule has 0 spiro atoms. The molecule has 1 N–H and O–H groups in total. The molecule has 1 unspecified atom stereocenters. The van der Waals surface area contributed by atoms with Gasteiger partial charge >= 0.3 is 0 Å². The van der Waals surface area contributed by atoms with Crippen molar-refractivity contribution in [2.75, 3.05) is 7.05 Å². The fourth-order valence-electron chi connectivity index (χ4n) is 2.08. The van der Waals surface area contributed by atoms with Crippen LogP contribution in [0.3, 0.4) is 0 Å². The van der Waals surface area contributed by atoms with E-state index in [-0.39, 0.29) is 6.04 Å². The Kier molecular flexibility index (Phi) is 2.42. The maximum Gasteiger partial charge on any atom is 0.125 e. The molecule has 0 aliphatic heterocycles. The third kappa shape index (κ3) is 1.62. The molecule has 3 aromatic heterocycles. The lowest BCUT2D eigenvalue weighted by Gasteiger charge is -2.12. The van der Waals surface area contributed by atoms with Crippen molar-refractivity contribution < 1.29 is 4.42 Å². The molecule has 0 saturated carbocycles. The number of nitrogens with zero attached hydrogens (tertiary/aromatic N) is 2. The highest BCUT2D eigenvalue weighted by molar-refractivity contribution is 5.56. The second kappa shape index (κ2) is 4.07. The van der Waals surface area contributed by atoms with Gasteiger partial charge < -0.3 is 9.73 Å². The third-order valence-corrected chi connectivity index (χ3v) is 2.88. The molecule has 4 nitrogen and oxygen atoms in total. The standard InChI is InChI=1S/C13H13N3O/c1-14-13(12-6-4-8-17-12)10-9-15-16-7-3-2-5-11(10)16/h2-9,13-14H,1H3. The summed E-state index contributed by atoms with van der Waals surface area (Å²) in [6, 6.07) is 9.92. The monoisotopic (exact) mass is 227 g/mol. The van der Waals surface area contributed by atoms with E-state index in [1.54, 1.807) is 6.26 Å². The Morgan fingerprint density at radius 3 is 3.00 bits per heavy atom. The Morgan fingerprint density at radius 1 is 1.29 bits per heavy atom. The van der Waals surface area contributed by atoms with Crippen molar-refractivity contribution in [1.29, 1.82) is 0 Å². The lowest BCUT2D eigenvalue weighted by atomic mass is 10.1. The predicted molar refractivity (Wildman–Crippen MR) is 64.8 cm³/mol. The fraction of sp³-hybridized carbons (Fsp3) is 0.154. The van der Waals surface area contributed by atoms with Gasteiger partial charge in [-0.1, -0.05) is 6.07 Å². The van der Waals surface area contributed by atoms with Gasteiger partial charge in [-0.05, 0) is 31.3 Å². The molecule has 86 valence electrons. The summed E-state index contributed by atoms with van der Waals surface area (Å²) in [5, 5.41) is 7.58. The maximum atomic E-state index is 5.46. The number of furan rings is 1. The Balaban J connectivity index is 2.13. The van der Waals surface area contributed by atoms with E-state index in [0.717, 1.165) is 16.8 Å². The van der Waals surface area contributed by atoms with Gasteiger partial charge in [-0.2, -0.15) is 5.10 Å². The lowest BCUT2D eigenvalue weighted by Crippen LogP contribution is -2.16. The zero-order valence-corrected chi connectivity index (χ0v) is 9.50. The minimum absolute atomic E-state index is 0.0323. The van der Waals surface area contributed by atoms with Crippen LogP contribution in [0.15, 0.2) is 53.4 Å². The normalized spacial score (nSPS) is 13.0. The molecule has 0 radical (unpaired) electrons. The molecule has 0 aliphatic rings. The number of aromatic nitrogens is 2. The van der Waals surface area contributed by atoms with E-state index in [1.165, 1.54) is 0 Å². The molecule has 3 rings (SSSR count). The number of fused-ring (bicyclic) bond motifs is 1. The Bertz CT molecular complexity index is 612. The van der Waals surface area contributed by atoms with E-state index in [1.807, 2.05) is 48.2 Å². The highest BCUT2D eigenvalue weighted by Crippen LogP contribution is 2.25. The molecule has 4 heteroatoms. The fourth-order valence-corrected chi connectivity index (χ4v) is 2.08. The SMILES string of the molecule is CNC(c1ccco1)c1cnn2ccccc12. The van der Waals surface area contributed by atoms with Gasteiger partial charge in [-0.3, -0.25) is 0 Å². The molecule has 1 atom stereocenters. The van der Waals surface area contributed by atoms with Gasteiger partial charge in [0.2, 0.25) is 0 Å². The number of hydrogen-bond acceptors (Lipinski definition) is 3. The van der Waals surface area contributed by atoms with Crippen LogP contribution in [0.25, 0.3) is 5.52 Å². The van der Waals surface area contributed by atoms with Crippen molar-refractivity contribution in [2.45, 2.75) is 6.04 Å². The molecule has 0 saturated heterocycles. The average Bonchev–Trinajstić information content (AvgIpc) is 3.01. The van der Waals surface area contributed by atoms with Crippen LogP contribution in [-0.2, 0) is 0 Å². The van der Waals surface area contributed by atoms with Crippen LogP contribution in [0, 0.1) is 0 Å². The van der Waals surface area contributed by atoms with Crippen LogP contribution in [0.2, 0.25) is 0 Å². The van der Waals surface area contributed by atoms with Gasteiger partial charge in [0, 0.05) is 11.8 Å². The van der Waals surface area contributed by atoms with Crippen LogP contribution >= 0.6 is 0 Å².